The van der Waals surface area contributed by atoms with Gasteiger partial charge in [0.2, 0.25) is 0 Å². The number of hydrogen-bond donors (Lipinski definition) is 2. The van der Waals surface area contributed by atoms with Gasteiger partial charge in [0.25, 0.3) is 0 Å². The molecule has 0 amide bonds. The Morgan fingerprint density at radius 2 is 1.67 bits per heavy atom. The van der Waals surface area contributed by atoms with E-state index in [9.17, 15) is 4.79 Å². The highest BCUT2D eigenvalue weighted by atomic mass is 32.1. The number of benzene rings is 1. The van der Waals surface area contributed by atoms with Crippen LogP contribution in [0.4, 0.5) is 0 Å². The predicted octanol–water partition coefficient (Wildman–Crippen LogP) is 9.40. The fourth-order valence-electron chi connectivity index (χ4n) is 6.62. The Kier molecular flexibility index (Phi) is 14.9. The van der Waals surface area contributed by atoms with Gasteiger partial charge in [-0.2, -0.15) is 12.6 Å². The Labute approximate surface area is 273 Å². The topological polar surface area (TPSA) is 38.3 Å². The van der Waals surface area contributed by atoms with Gasteiger partial charge >= 0.3 is 7.48 Å². The second-order valence-corrected chi connectivity index (χ2v) is 16.7. The molecular weight excluding hydrogens is 545 g/mol. The van der Waals surface area contributed by atoms with Crippen LogP contribution in [0.3, 0.4) is 0 Å². The highest BCUT2D eigenvalue weighted by molar-refractivity contribution is 7.81. The van der Waals surface area contributed by atoms with Gasteiger partial charge in [0, 0.05) is 10.7 Å². The summed E-state index contributed by atoms with van der Waals surface area (Å²) in [7, 11) is 1.81. The molecule has 1 aliphatic heterocycles. The van der Waals surface area contributed by atoms with Gasteiger partial charge in [0.05, 0.1) is 11.0 Å². The van der Waals surface area contributed by atoms with Crippen molar-refractivity contribution in [1.82, 2.24) is 5.32 Å². The van der Waals surface area contributed by atoms with Gasteiger partial charge in [0.1, 0.15) is 5.78 Å². The van der Waals surface area contributed by atoms with Gasteiger partial charge in [0.15, 0.2) is 0 Å². The van der Waals surface area contributed by atoms with Crippen molar-refractivity contribution in [3.8, 4) is 0 Å². The Balaban J connectivity index is 0.000000324. The van der Waals surface area contributed by atoms with Gasteiger partial charge in [-0.25, -0.2) is 0 Å². The SMILES string of the molecule is CCC1CC(C)C1.CCCCC1(CC)CC1.Cc1cc([B]OC(C)(C)C(C)(C)S)ccc1C1(C(=O)C(C)C)CCNCC1. The fourth-order valence-corrected chi connectivity index (χ4v) is 6.68. The molecule has 3 nitrogen and oxygen atoms in total. The number of Topliss-reactive ketones (excluding diaryl/α,β-unsaturated/α-hetero) is 1. The molecule has 1 N–H and O–H groups in total. The maximum atomic E-state index is 13.2. The lowest BCUT2D eigenvalue weighted by atomic mass is 9.65. The zero-order chi connectivity index (χ0) is 32.5. The van der Waals surface area contributed by atoms with Crippen molar-refractivity contribution in [2.24, 2.45) is 23.2 Å². The molecule has 3 aliphatic rings. The summed E-state index contributed by atoms with van der Waals surface area (Å²) < 4.78 is 5.79. The molecule has 0 atom stereocenters. The second-order valence-electron chi connectivity index (χ2n) is 15.5. The molecule has 1 saturated heterocycles. The van der Waals surface area contributed by atoms with Crippen LogP contribution in [0.15, 0.2) is 18.2 Å². The van der Waals surface area contributed by atoms with E-state index in [-0.39, 0.29) is 16.1 Å². The molecule has 0 unspecified atom stereocenters. The monoisotopic (exact) mass is 612 g/mol. The highest BCUT2D eigenvalue weighted by Gasteiger charge is 2.43. The average molecular weight is 613 g/mol. The summed E-state index contributed by atoms with van der Waals surface area (Å²) in [5.41, 5.74) is 3.43. The Morgan fingerprint density at radius 1 is 1.07 bits per heavy atom. The first-order valence-corrected chi connectivity index (χ1v) is 18.1. The summed E-state index contributed by atoms with van der Waals surface area (Å²) >= 11 is 4.65. The van der Waals surface area contributed by atoms with E-state index in [4.69, 9.17) is 4.65 Å². The van der Waals surface area contributed by atoms with Crippen LogP contribution in [-0.2, 0) is 14.9 Å². The summed E-state index contributed by atoms with van der Waals surface area (Å²) in [6.07, 6.45) is 14.9. The molecule has 0 bridgehead atoms. The fraction of sp³-hybridized carbons (Fsp3) is 0.816. The lowest BCUT2D eigenvalue weighted by Gasteiger charge is -2.39. The van der Waals surface area contributed by atoms with Gasteiger partial charge < -0.3 is 9.97 Å². The molecule has 245 valence electrons. The summed E-state index contributed by atoms with van der Waals surface area (Å²) in [6, 6.07) is 6.34. The van der Waals surface area contributed by atoms with Crippen molar-refractivity contribution in [3.63, 3.8) is 0 Å². The maximum absolute atomic E-state index is 13.2. The van der Waals surface area contributed by atoms with E-state index in [1.165, 1.54) is 63.4 Å². The third-order valence-electron chi connectivity index (χ3n) is 11.0. The molecule has 5 heteroatoms. The number of thiol groups is 1. The van der Waals surface area contributed by atoms with Crippen molar-refractivity contribution in [2.45, 2.75) is 163 Å². The Morgan fingerprint density at radius 3 is 2.07 bits per heavy atom. The number of aryl methyl sites for hydroxylation is 1. The van der Waals surface area contributed by atoms with E-state index in [0.29, 0.717) is 5.78 Å². The molecule has 0 spiro atoms. The third kappa shape index (κ3) is 10.9. The Hall–Kier alpha value is -0.775. The second kappa shape index (κ2) is 16.7. The first-order chi connectivity index (χ1) is 20.1. The molecule has 4 rings (SSSR count). The van der Waals surface area contributed by atoms with E-state index in [1.807, 2.05) is 35.2 Å². The summed E-state index contributed by atoms with van der Waals surface area (Å²) in [6.45, 7) is 25.4. The Bertz CT molecular complexity index is 982. The summed E-state index contributed by atoms with van der Waals surface area (Å²) in [5.74, 6) is 2.54. The van der Waals surface area contributed by atoms with Gasteiger partial charge in [-0.3, -0.25) is 4.79 Å². The smallest absolute Gasteiger partial charge is 0.330 e. The number of carbonyl (C=O) groups is 1. The number of ketones is 1. The lowest BCUT2D eigenvalue weighted by Crippen LogP contribution is -2.48. The van der Waals surface area contributed by atoms with Gasteiger partial charge in [-0.15, -0.1) is 0 Å². The molecule has 2 saturated carbocycles. The van der Waals surface area contributed by atoms with Crippen LogP contribution in [-0.4, -0.2) is 36.7 Å². The average Bonchev–Trinajstić information content (AvgIpc) is 3.73. The van der Waals surface area contributed by atoms with Crippen LogP contribution in [0.5, 0.6) is 0 Å². The normalized spacial score (nSPS) is 22.3. The largest absolute Gasteiger partial charge is 0.428 e. The molecular formula is C38H67BNO2S. The molecule has 3 fully saturated rings. The minimum atomic E-state index is -0.396. The number of nitrogens with one attached hydrogen (secondary N) is 1. The number of unbranched alkanes of at least 4 members (excludes halogenated alkanes) is 1. The van der Waals surface area contributed by atoms with Crippen LogP contribution in [0.2, 0.25) is 0 Å². The summed E-state index contributed by atoms with van der Waals surface area (Å²) in [5, 5.41) is 3.40. The highest BCUT2D eigenvalue weighted by Crippen LogP contribution is 2.52. The van der Waals surface area contributed by atoms with Crippen LogP contribution in [0, 0.1) is 30.1 Å². The number of piperidine rings is 1. The molecule has 2 aliphatic carbocycles. The van der Waals surface area contributed by atoms with Crippen molar-refractivity contribution < 1.29 is 9.45 Å². The molecule has 1 radical (unpaired) electrons. The van der Waals surface area contributed by atoms with E-state index in [2.05, 4.69) is 84.6 Å². The van der Waals surface area contributed by atoms with E-state index in [0.717, 1.165) is 54.2 Å². The van der Waals surface area contributed by atoms with E-state index in [1.54, 1.807) is 0 Å². The van der Waals surface area contributed by atoms with Gasteiger partial charge in [-0.1, -0.05) is 90.9 Å². The van der Waals surface area contributed by atoms with Crippen LogP contribution < -0.4 is 10.8 Å². The van der Waals surface area contributed by atoms with Crippen LogP contribution >= 0.6 is 12.6 Å². The number of carbonyl (C=O) groups excluding carboxylic acids is 1. The molecule has 43 heavy (non-hydrogen) atoms. The predicted molar refractivity (Wildman–Crippen MR) is 192 cm³/mol. The zero-order valence-corrected chi connectivity index (χ0v) is 30.9. The molecule has 0 aromatic heterocycles. The van der Waals surface area contributed by atoms with Crippen molar-refractivity contribution in [1.29, 1.82) is 0 Å². The zero-order valence-electron chi connectivity index (χ0n) is 30.0. The lowest BCUT2D eigenvalue weighted by molar-refractivity contribution is -0.128. The van der Waals surface area contributed by atoms with Crippen molar-refractivity contribution in [3.05, 3.63) is 29.3 Å². The minimum absolute atomic E-state index is 0.0375. The first kappa shape index (κ1) is 38.4. The third-order valence-corrected chi connectivity index (χ3v) is 11.5. The van der Waals surface area contributed by atoms with Crippen LogP contribution in [0.1, 0.15) is 151 Å². The van der Waals surface area contributed by atoms with Crippen LogP contribution in [0.25, 0.3) is 0 Å². The molecule has 1 heterocycles. The molecule has 1 aromatic rings. The number of rotatable bonds is 12. The quantitative estimate of drug-likeness (QED) is 0.182. The van der Waals surface area contributed by atoms with E-state index < -0.39 is 5.60 Å². The summed E-state index contributed by atoms with van der Waals surface area (Å²) in [4.78, 5) is 13.2. The van der Waals surface area contributed by atoms with Crippen molar-refractivity contribution >= 4 is 31.4 Å². The number of hydrogen-bond acceptors (Lipinski definition) is 4. The van der Waals surface area contributed by atoms with Gasteiger partial charge in [-0.05, 0) is 121 Å². The first-order valence-electron chi connectivity index (χ1n) is 17.7. The van der Waals surface area contributed by atoms with E-state index >= 15 is 0 Å². The maximum Gasteiger partial charge on any atom is 0.330 e. The molecule has 1 aromatic carbocycles. The van der Waals surface area contributed by atoms with Crippen molar-refractivity contribution in [2.75, 3.05) is 13.1 Å². The standard InChI is InChI=1S/C22H35BNO2S.C9H18.C7H14/c1-15(2)19(25)22(10-12-24-13-11-22)18-9-8-17(14-16(18)3)23-26-20(4,5)21(6,7)27;1-3-5-6-9(4-2)7-8-9;1-3-7-4-6(2)5-7/h8-9,14-15,24,27H,10-13H2,1-7H3;3-8H2,1-2H3;6-7H,3-5H2,1-2H3. The minimum Gasteiger partial charge on any atom is -0.428 e.